The number of carbonyl (C=O) groups excluding carboxylic acids is 1. The van der Waals surface area contributed by atoms with E-state index in [1.165, 1.54) is 19.1 Å². The van der Waals surface area contributed by atoms with Gasteiger partial charge < -0.3 is 5.32 Å². The summed E-state index contributed by atoms with van der Waals surface area (Å²) in [5.74, 6) is -0.194. The Morgan fingerprint density at radius 1 is 1.20 bits per heavy atom. The molecule has 0 radical (unpaired) electrons. The predicted molar refractivity (Wildman–Crippen MR) is 59.1 cm³/mol. The molecule has 15 heavy (non-hydrogen) atoms. The molecule has 1 aromatic rings. The first-order chi connectivity index (χ1) is 6.87. The molecule has 0 heterocycles. The molecule has 0 aliphatic rings. The molecule has 0 aliphatic carbocycles. The van der Waals surface area contributed by atoms with E-state index in [4.69, 9.17) is 10.7 Å². The third-order valence-electron chi connectivity index (χ3n) is 1.45. The molecule has 0 aromatic heterocycles. The van der Waals surface area contributed by atoms with E-state index in [0.717, 1.165) is 0 Å². The highest BCUT2D eigenvalue weighted by atomic mass is 35.7. The standard InChI is InChI=1S/C8H9ClN2O3S/c1-6(12)10-7-2-4-8(5-3-7)11-15(9,13)14/h2-5,11H,1H3,(H,10,12). The molecular formula is C8H9ClN2O3S. The SMILES string of the molecule is CC(=O)Nc1ccc(NS(=O)(=O)Cl)cc1. The number of amides is 1. The minimum atomic E-state index is -3.78. The van der Waals surface area contributed by atoms with Crippen molar-refractivity contribution in [3.05, 3.63) is 24.3 Å². The van der Waals surface area contributed by atoms with E-state index < -0.39 is 9.24 Å². The van der Waals surface area contributed by atoms with Gasteiger partial charge in [-0.05, 0) is 24.3 Å². The number of hydrogen-bond acceptors (Lipinski definition) is 3. The number of carbonyl (C=O) groups is 1. The summed E-state index contributed by atoms with van der Waals surface area (Å²) in [5.41, 5.74) is 0.916. The topological polar surface area (TPSA) is 75.3 Å². The van der Waals surface area contributed by atoms with Gasteiger partial charge in [-0.15, -0.1) is 0 Å². The van der Waals surface area contributed by atoms with E-state index in [0.29, 0.717) is 11.4 Å². The van der Waals surface area contributed by atoms with Crippen molar-refractivity contribution < 1.29 is 13.2 Å². The average Bonchev–Trinajstić information content (AvgIpc) is 2.05. The van der Waals surface area contributed by atoms with Crippen molar-refractivity contribution in [2.75, 3.05) is 10.0 Å². The summed E-state index contributed by atoms with van der Waals surface area (Å²) in [4.78, 5) is 10.7. The molecular weight excluding hydrogens is 240 g/mol. The van der Waals surface area contributed by atoms with Crippen LogP contribution in [0.3, 0.4) is 0 Å². The van der Waals surface area contributed by atoms with Crippen LogP contribution in [0.2, 0.25) is 0 Å². The summed E-state index contributed by atoms with van der Waals surface area (Å²) in [5, 5.41) is 2.55. The minimum absolute atomic E-state index is 0.194. The van der Waals surface area contributed by atoms with Crippen LogP contribution in [-0.2, 0) is 14.0 Å². The second-order valence-corrected chi connectivity index (χ2v) is 5.10. The van der Waals surface area contributed by atoms with E-state index >= 15 is 0 Å². The molecule has 82 valence electrons. The molecule has 0 fully saturated rings. The maximum absolute atomic E-state index is 10.7. The van der Waals surface area contributed by atoms with Crippen LogP contribution in [0.1, 0.15) is 6.92 Å². The second-order valence-electron chi connectivity index (χ2n) is 2.80. The van der Waals surface area contributed by atoms with Crippen molar-refractivity contribution in [2.24, 2.45) is 0 Å². The summed E-state index contributed by atoms with van der Waals surface area (Å²) in [6, 6.07) is 6.11. The van der Waals surface area contributed by atoms with E-state index in [-0.39, 0.29) is 5.91 Å². The Bertz CT molecular complexity index is 455. The summed E-state index contributed by atoms with van der Waals surface area (Å²) in [6.07, 6.45) is 0. The lowest BCUT2D eigenvalue weighted by molar-refractivity contribution is -0.114. The van der Waals surface area contributed by atoms with Gasteiger partial charge in [-0.3, -0.25) is 9.52 Å². The first kappa shape index (κ1) is 11.8. The summed E-state index contributed by atoms with van der Waals surface area (Å²) >= 11 is 0. The van der Waals surface area contributed by atoms with Gasteiger partial charge in [0.2, 0.25) is 5.91 Å². The van der Waals surface area contributed by atoms with Gasteiger partial charge in [0.1, 0.15) is 0 Å². The molecule has 0 saturated carbocycles. The zero-order valence-electron chi connectivity index (χ0n) is 7.82. The van der Waals surface area contributed by atoms with E-state index in [2.05, 4.69) is 10.0 Å². The van der Waals surface area contributed by atoms with Gasteiger partial charge in [0, 0.05) is 29.0 Å². The van der Waals surface area contributed by atoms with Gasteiger partial charge >= 0.3 is 9.24 Å². The van der Waals surface area contributed by atoms with Crippen molar-refractivity contribution in [2.45, 2.75) is 6.92 Å². The monoisotopic (exact) mass is 248 g/mol. The highest BCUT2D eigenvalue weighted by Crippen LogP contribution is 2.15. The zero-order chi connectivity index (χ0) is 11.5. The normalized spacial score (nSPS) is 10.8. The van der Waals surface area contributed by atoms with Crippen LogP contribution in [0.5, 0.6) is 0 Å². The van der Waals surface area contributed by atoms with Crippen LogP contribution < -0.4 is 10.0 Å². The third kappa shape index (κ3) is 4.66. The average molecular weight is 249 g/mol. The van der Waals surface area contributed by atoms with Crippen LogP contribution in [0.4, 0.5) is 11.4 Å². The fourth-order valence-corrected chi connectivity index (χ4v) is 1.65. The summed E-state index contributed by atoms with van der Waals surface area (Å²) < 4.78 is 23.4. The first-order valence-corrected chi connectivity index (χ1v) is 6.28. The number of halogens is 1. The second kappa shape index (κ2) is 4.50. The van der Waals surface area contributed by atoms with E-state index in [1.54, 1.807) is 12.1 Å². The van der Waals surface area contributed by atoms with Crippen LogP contribution in [0, 0.1) is 0 Å². The Morgan fingerprint density at radius 3 is 2.07 bits per heavy atom. The minimum Gasteiger partial charge on any atom is -0.326 e. The van der Waals surface area contributed by atoms with Gasteiger partial charge in [0.25, 0.3) is 0 Å². The van der Waals surface area contributed by atoms with E-state index in [9.17, 15) is 13.2 Å². The summed E-state index contributed by atoms with van der Waals surface area (Å²) in [6.45, 7) is 1.38. The number of rotatable bonds is 3. The van der Waals surface area contributed by atoms with Crippen molar-refractivity contribution in [3.8, 4) is 0 Å². The lowest BCUT2D eigenvalue weighted by Crippen LogP contribution is -2.06. The van der Waals surface area contributed by atoms with E-state index in [1.807, 2.05) is 0 Å². The lowest BCUT2D eigenvalue weighted by Gasteiger charge is -2.04. The fourth-order valence-electron chi connectivity index (χ4n) is 0.966. The largest absolute Gasteiger partial charge is 0.326 e. The van der Waals surface area contributed by atoms with Gasteiger partial charge in [-0.1, -0.05) is 0 Å². The van der Waals surface area contributed by atoms with Gasteiger partial charge in [-0.25, -0.2) is 0 Å². The molecule has 0 atom stereocenters. The molecule has 0 saturated heterocycles. The third-order valence-corrected chi connectivity index (χ3v) is 2.16. The highest BCUT2D eigenvalue weighted by Gasteiger charge is 2.03. The number of benzene rings is 1. The summed E-state index contributed by atoms with van der Waals surface area (Å²) in [7, 11) is 1.20. The smallest absolute Gasteiger partial charge is 0.319 e. The molecule has 7 heteroatoms. The quantitative estimate of drug-likeness (QED) is 0.797. The van der Waals surface area contributed by atoms with Crippen LogP contribution in [0.25, 0.3) is 0 Å². The lowest BCUT2D eigenvalue weighted by atomic mass is 10.3. The highest BCUT2D eigenvalue weighted by molar-refractivity contribution is 8.14. The number of nitrogens with one attached hydrogen (secondary N) is 2. The molecule has 5 nitrogen and oxygen atoms in total. The predicted octanol–water partition coefficient (Wildman–Crippen LogP) is 1.54. The van der Waals surface area contributed by atoms with Crippen molar-refractivity contribution in [3.63, 3.8) is 0 Å². The molecule has 0 aliphatic heterocycles. The number of anilines is 2. The molecule has 1 aromatic carbocycles. The Morgan fingerprint density at radius 2 is 1.67 bits per heavy atom. The molecule has 1 amide bonds. The Labute approximate surface area is 92.0 Å². The molecule has 0 spiro atoms. The van der Waals surface area contributed by atoms with Gasteiger partial charge in [-0.2, -0.15) is 8.42 Å². The first-order valence-electron chi connectivity index (χ1n) is 3.97. The maximum atomic E-state index is 10.7. The van der Waals surface area contributed by atoms with Gasteiger partial charge in [0.05, 0.1) is 0 Å². The number of hydrogen-bond donors (Lipinski definition) is 2. The van der Waals surface area contributed by atoms with Crippen molar-refractivity contribution in [1.82, 2.24) is 0 Å². The maximum Gasteiger partial charge on any atom is 0.319 e. The van der Waals surface area contributed by atoms with Gasteiger partial charge in [0.15, 0.2) is 0 Å². The van der Waals surface area contributed by atoms with Crippen LogP contribution in [0.15, 0.2) is 24.3 Å². The van der Waals surface area contributed by atoms with Crippen LogP contribution >= 0.6 is 10.7 Å². The molecule has 2 N–H and O–H groups in total. The Kier molecular flexibility index (Phi) is 3.54. The van der Waals surface area contributed by atoms with Crippen molar-refractivity contribution in [1.29, 1.82) is 0 Å². The fraction of sp³-hybridized carbons (Fsp3) is 0.125. The Hall–Kier alpha value is -1.27. The molecule has 1 rings (SSSR count). The Balaban J connectivity index is 2.77. The van der Waals surface area contributed by atoms with Crippen molar-refractivity contribution >= 4 is 37.2 Å². The molecule has 0 unspecified atom stereocenters. The zero-order valence-corrected chi connectivity index (χ0v) is 9.39. The molecule has 0 bridgehead atoms. The van der Waals surface area contributed by atoms with Crippen LogP contribution in [-0.4, -0.2) is 14.3 Å².